The molecule has 0 saturated heterocycles. The number of pyridine rings is 1. The van der Waals surface area contributed by atoms with Gasteiger partial charge in [-0.25, -0.2) is 4.57 Å². The van der Waals surface area contributed by atoms with Gasteiger partial charge in [-0.3, -0.25) is 0 Å². The summed E-state index contributed by atoms with van der Waals surface area (Å²) in [4.78, 5) is 0. The van der Waals surface area contributed by atoms with Crippen LogP contribution >= 0.6 is 0 Å². The van der Waals surface area contributed by atoms with Crippen LogP contribution in [0.25, 0.3) is 12.2 Å². The molecule has 23 heavy (non-hydrogen) atoms. The Hall–Kier alpha value is -2.87. The Bertz CT molecular complexity index is 759. The van der Waals surface area contributed by atoms with Crippen molar-refractivity contribution in [2.45, 2.75) is 6.54 Å². The molecular formula is C21H20NO+. The van der Waals surface area contributed by atoms with E-state index in [9.17, 15) is 0 Å². The zero-order valence-electron chi connectivity index (χ0n) is 13.2. The Morgan fingerprint density at radius 3 is 2.00 bits per heavy atom. The van der Waals surface area contributed by atoms with Crippen LogP contribution in [-0.4, -0.2) is 7.11 Å². The maximum Gasteiger partial charge on any atom is 0.173 e. The number of nitrogens with zero attached hydrogens (tertiary/aromatic N) is 1. The minimum Gasteiger partial charge on any atom is -0.497 e. The van der Waals surface area contributed by atoms with Gasteiger partial charge in [-0.05, 0) is 23.3 Å². The topological polar surface area (TPSA) is 13.1 Å². The lowest BCUT2D eigenvalue weighted by Crippen LogP contribution is -2.32. The monoisotopic (exact) mass is 302 g/mol. The van der Waals surface area contributed by atoms with Gasteiger partial charge in [0.05, 0.1) is 7.11 Å². The van der Waals surface area contributed by atoms with Crippen LogP contribution in [0.2, 0.25) is 0 Å². The number of benzene rings is 2. The van der Waals surface area contributed by atoms with E-state index in [0.29, 0.717) is 0 Å². The molecule has 114 valence electrons. The normalized spacial score (nSPS) is 10.8. The average Bonchev–Trinajstić information content (AvgIpc) is 2.62. The highest BCUT2D eigenvalue weighted by molar-refractivity contribution is 5.69. The molecule has 3 aromatic rings. The summed E-state index contributed by atoms with van der Waals surface area (Å²) in [6.07, 6.45) is 8.45. The molecule has 0 atom stereocenters. The number of ether oxygens (including phenoxy) is 1. The number of aromatic nitrogens is 1. The number of methoxy groups -OCH3 is 1. The SMILES string of the molecule is COc1ccc(/C=C/c2cc[n+](Cc3ccccc3)cc2)cc1. The summed E-state index contributed by atoms with van der Waals surface area (Å²) in [5.74, 6) is 0.879. The molecule has 0 aliphatic heterocycles. The fourth-order valence-corrected chi connectivity index (χ4v) is 2.39. The first kappa shape index (κ1) is 15.0. The fourth-order valence-electron chi connectivity index (χ4n) is 2.39. The molecule has 0 radical (unpaired) electrons. The van der Waals surface area contributed by atoms with E-state index < -0.39 is 0 Å². The molecule has 0 spiro atoms. The summed E-state index contributed by atoms with van der Waals surface area (Å²) in [6.45, 7) is 0.892. The molecule has 0 aliphatic rings. The Morgan fingerprint density at radius 2 is 1.39 bits per heavy atom. The molecule has 0 aliphatic carbocycles. The van der Waals surface area contributed by atoms with Crippen LogP contribution < -0.4 is 9.30 Å². The summed E-state index contributed by atoms with van der Waals surface area (Å²) in [5.41, 5.74) is 3.65. The molecule has 2 heteroatoms. The third kappa shape index (κ3) is 4.30. The quantitative estimate of drug-likeness (QED) is 0.644. The lowest BCUT2D eigenvalue weighted by molar-refractivity contribution is -0.688. The van der Waals surface area contributed by atoms with Crippen molar-refractivity contribution in [3.05, 3.63) is 95.8 Å². The molecule has 2 aromatic carbocycles. The van der Waals surface area contributed by atoms with Crippen LogP contribution in [0, 0.1) is 0 Å². The minimum absolute atomic E-state index is 0.879. The summed E-state index contributed by atoms with van der Waals surface area (Å²) >= 11 is 0. The average molecular weight is 302 g/mol. The van der Waals surface area contributed by atoms with E-state index in [0.717, 1.165) is 17.9 Å². The Kier molecular flexibility index (Phi) is 4.85. The lowest BCUT2D eigenvalue weighted by Gasteiger charge is -2.00. The summed E-state index contributed by atoms with van der Waals surface area (Å²) in [5, 5.41) is 0. The second kappa shape index (κ2) is 7.41. The number of hydrogen-bond acceptors (Lipinski definition) is 1. The highest BCUT2D eigenvalue weighted by Gasteiger charge is 2.01. The summed E-state index contributed by atoms with van der Waals surface area (Å²) in [7, 11) is 1.68. The van der Waals surface area contributed by atoms with Gasteiger partial charge in [-0.2, -0.15) is 0 Å². The summed E-state index contributed by atoms with van der Waals surface area (Å²) < 4.78 is 7.35. The van der Waals surface area contributed by atoms with Crippen molar-refractivity contribution in [1.29, 1.82) is 0 Å². The molecule has 0 bridgehead atoms. The second-order valence-electron chi connectivity index (χ2n) is 5.40. The van der Waals surface area contributed by atoms with E-state index >= 15 is 0 Å². The van der Waals surface area contributed by atoms with E-state index in [2.05, 4.69) is 65.5 Å². The molecule has 2 nitrogen and oxygen atoms in total. The van der Waals surface area contributed by atoms with Crippen molar-refractivity contribution < 1.29 is 9.30 Å². The zero-order chi connectivity index (χ0) is 15.9. The first-order chi connectivity index (χ1) is 11.3. The first-order valence-corrected chi connectivity index (χ1v) is 7.69. The van der Waals surface area contributed by atoms with Gasteiger partial charge in [0.2, 0.25) is 0 Å². The van der Waals surface area contributed by atoms with E-state index in [4.69, 9.17) is 4.74 Å². The summed E-state index contributed by atoms with van der Waals surface area (Å²) in [6, 6.07) is 22.8. The Balaban J connectivity index is 1.65. The predicted molar refractivity (Wildman–Crippen MR) is 94.1 cm³/mol. The van der Waals surface area contributed by atoms with Gasteiger partial charge in [0.15, 0.2) is 18.9 Å². The van der Waals surface area contributed by atoms with Crippen molar-refractivity contribution in [3.8, 4) is 5.75 Å². The standard InChI is InChI=1S/C21H20NO/c1-23-21-11-9-18(10-12-21)7-8-19-13-15-22(16-14-19)17-20-5-3-2-4-6-20/h2-16H,17H2,1H3/q+1/b8-7+. The highest BCUT2D eigenvalue weighted by atomic mass is 16.5. The van der Waals surface area contributed by atoms with E-state index in [-0.39, 0.29) is 0 Å². The van der Waals surface area contributed by atoms with Crippen molar-refractivity contribution in [2.24, 2.45) is 0 Å². The van der Waals surface area contributed by atoms with Crippen LogP contribution in [0.3, 0.4) is 0 Å². The Morgan fingerprint density at radius 1 is 0.783 bits per heavy atom. The largest absolute Gasteiger partial charge is 0.497 e. The van der Waals surface area contributed by atoms with Crippen LogP contribution in [0.1, 0.15) is 16.7 Å². The zero-order valence-corrected chi connectivity index (χ0v) is 13.2. The number of rotatable bonds is 5. The number of hydrogen-bond donors (Lipinski definition) is 0. The third-order valence-corrected chi connectivity index (χ3v) is 3.71. The Labute approximate surface area is 137 Å². The van der Waals surface area contributed by atoms with Crippen LogP contribution in [-0.2, 0) is 6.54 Å². The van der Waals surface area contributed by atoms with E-state index in [1.54, 1.807) is 7.11 Å². The van der Waals surface area contributed by atoms with Gasteiger partial charge in [0.1, 0.15) is 5.75 Å². The van der Waals surface area contributed by atoms with E-state index in [1.165, 1.54) is 11.1 Å². The van der Waals surface area contributed by atoms with Crippen molar-refractivity contribution >= 4 is 12.2 Å². The minimum atomic E-state index is 0.879. The fraction of sp³-hybridized carbons (Fsp3) is 0.0952. The van der Waals surface area contributed by atoms with Crippen LogP contribution in [0.5, 0.6) is 5.75 Å². The van der Waals surface area contributed by atoms with Gasteiger partial charge in [-0.1, -0.05) is 54.6 Å². The van der Waals surface area contributed by atoms with Crippen molar-refractivity contribution in [3.63, 3.8) is 0 Å². The van der Waals surface area contributed by atoms with Crippen LogP contribution in [0.4, 0.5) is 0 Å². The maximum atomic E-state index is 5.17. The van der Waals surface area contributed by atoms with Crippen molar-refractivity contribution in [1.82, 2.24) is 0 Å². The lowest BCUT2D eigenvalue weighted by atomic mass is 10.1. The second-order valence-corrected chi connectivity index (χ2v) is 5.40. The molecule has 1 aromatic heterocycles. The molecule has 1 heterocycles. The van der Waals surface area contributed by atoms with E-state index in [1.807, 2.05) is 30.3 Å². The molecule has 0 amide bonds. The smallest absolute Gasteiger partial charge is 0.173 e. The third-order valence-electron chi connectivity index (χ3n) is 3.71. The van der Waals surface area contributed by atoms with Gasteiger partial charge in [0.25, 0.3) is 0 Å². The molecule has 0 saturated carbocycles. The van der Waals surface area contributed by atoms with Gasteiger partial charge in [0, 0.05) is 17.7 Å². The van der Waals surface area contributed by atoms with Gasteiger partial charge >= 0.3 is 0 Å². The molecule has 0 fully saturated rings. The molecular weight excluding hydrogens is 282 g/mol. The van der Waals surface area contributed by atoms with Crippen LogP contribution in [0.15, 0.2) is 79.1 Å². The highest BCUT2D eigenvalue weighted by Crippen LogP contribution is 2.13. The van der Waals surface area contributed by atoms with Crippen molar-refractivity contribution in [2.75, 3.05) is 7.11 Å². The molecule has 0 N–H and O–H groups in total. The van der Waals surface area contributed by atoms with Gasteiger partial charge < -0.3 is 4.74 Å². The molecule has 3 rings (SSSR count). The van der Waals surface area contributed by atoms with Gasteiger partial charge in [-0.15, -0.1) is 0 Å². The molecule has 0 unspecified atom stereocenters. The maximum absolute atomic E-state index is 5.17. The first-order valence-electron chi connectivity index (χ1n) is 7.69. The predicted octanol–water partition coefficient (Wildman–Crippen LogP) is 4.20.